The highest BCUT2D eigenvalue weighted by atomic mass is 16.7. The van der Waals surface area contributed by atoms with Crippen LogP contribution in [-0.2, 0) is 16.7 Å². The number of rotatable bonds is 4. The maximum absolute atomic E-state index is 12.9. The Hall–Kier alpha value is -2.93. The van der Waals surface area contributed by atoms with Crippen molar-refractivity contribution >= 4 is 5.97 Å². The fourth-order valence-electron chi connectivity index (χ4n) is 5.88. The van der Waals surface area contributed by atoms with Crippen LogP contribution in [-0.4, -0.2) is 50.1 Å². The lowest BCUT2D eigenvalue weighted by atomic mass is 9.74. The van der Waals surface area contributed by atoms with Crippen molar-refractivity contribution in [2.45, 2.75) is 50.4 Å². The molecule has 0 radical (unpaired) electrons. The van der Waals surface area contributed by atoms with Gasteiger partial charge in [-0.2, -0.15) is 0 Å². The van der Waals surface area contributed by atoms with E-state index in [0.717, 1.165) is 44.0 Å². The zero-order chi connectivity index (χ0) is 21.9. The minimum Gasteiger partial charge on any atom is -0.493 e. The Morgan fingerprint density at radius 2 is 2.09 bits per heavy atom. The van der Waals surface area contributed by atoms with Crippen LogP contribution in [0.2, 0.25) is 0 Å². The Balaban J connectivity index is 1.29. The van der Waals surface area contributed by atoms with Crippen molar-refractivity contribution in [3.05, 3.63) is 47.0 Å². The average molecular weight is 437 g/mol. The van der Waals surface area contributed by atoms with E-state index in [1.807, 2.05) is 6.07 Å². The fraction of sp³-hybridized carbons (Fsp3) is 0.480. The smallest absolute Gasteiger partial charge is 0.338 e. The summed E-state index contributed by atoms with van der Waals surface area (Å²) in [7, 11) is 1.69. The number of methoxy groups -OCH3 is 1. The first-order valence-electron chi connectivity index (χ1n) is 11.3. The normalized spacial score (nSPS) is 27.3. The lowest BCUT2D eigenvalue weighted by molar-refractivity contribution is 0.0287. The molecule has 7 heteroatoms. The van der Waals surface area contributed by atoms with Gasteiger partial charge in [0, 0.05) is 23.9 Å². The molecule has 0 N–H and O–H groups in total. The number of hydrogen-bond donors (Lipinski definition) is 0. The largest absolute Gasteiger partial charge is 0.493 e. The second kappa shape index (κ2) is 7.30. The van der Waals surface area contributed by atoms with Gasteiger partial charge in [-0.3, -0.25) is 4.90 Å². The van der Waals surface area contributed by atoms with Crippen LogP contribution in [0.5, 0.6) is 23.0 Å². The van der Waals surface area contributed by atoms with E-state index in [1.165, 1.54) is 11.1 Å². The average Bonchev–Trinajstić information content (AvgIpc) is 3.44. The third-order valence-corrected chi connectivity index (χ3v) is 7.47. The monoisotopic (exact) mass is 437 g/mol. The van der Waals surface area contributed by atoms with Gasteiger partial charge in [0.05, 0.1) is 12.7 Å². The molecule has 1 aliphatic carbocycles. The Bertz CT molecular complexity index is 1080. The molecule has 1 spiro atoms. The van der Waals surface area contributed by atoms with E-state index >= 15 is 0 Å². The van der Waals surface area contributed by atoms with E-state index in [0.29, 0.717) is 23.5 Å². The maximum Gasteiger partial charge on any atom is 0.338 e. The summed E-state index contributed by atoms with van der Waals surface area (Å²) in [5.41, 5.74) is 2.89. The lowest BCUT2D eigenvalue weighted by Crippen LogP contribution is -2.35. The molecule has 0 bridgehead atoms. The van der Waals surface area contributed by atoms with Crippen LogP contribution >= 0.6 is 0 Å². The van der Waals surface area contributed by atoms with E-state index in [9.17, 15) is 4.79 Å². The van der Waals surface area contributed by atoms with Crippen molar-refractivity contribution in [2.75, 3.05) is 27.0 Å². The molecule has 1 fully saturated rings. The summed E-state index contributed by atoms with van der Waals surface area (Å²) in [5.74, 6) is 2.57. The molecular weight excluding hydrogens is 410 g/mol. The molecule has 7 nitrogen and oxygen atoms in total. The van der Waals surface area contributed by atoms with Gasteiger partial charge in [-0.15, -0.1) is 0 Å². The number of hydrogen-bond acceptors (Lipinski definition) is 7. The molecule has 0 aromatic heterocycles. The highest BCUT2D eigenvalue weighted by Gasteiger charge is 2.58. The molecule has 3 heterocycles. The zero-order valence-corrected chi connectivity index (χ0v) is 18.4. The molecule has 32 heavy (non-hydrogen) atoms. The van der Waals surface area contributed by atoms with E-state index < -0.39 is 0 Å². The second-order valence-corrected chi connectivity index (χ2v) is 9.05. The van der Waals surface area contributed by atoms with Gasteiger partial charge in [-0.25, -0.2) is 4.79 Å². The number of benzene rings is 2. The molecule has 4 aliphatic rings. The molecule has 168 valence electrons. The van der Waals surface area contributed by atoms with Crippen LogP contribution in [0.15, 0.2) is 30.3 Å². The first-order chi connectivity index (χ1) is 15.6. The van der Waals surface area contributed by atoms with Crippen LogP contribution in [0.25, 0.3) is 0 Å². The van der Waals surface area contributed by atoms with Gasteiger partial charge >= 0.3 is 5.97 Å². The van der Waals surface area contributed by atoms with Crippen molar-refractivity contribution in [1.29, 1.82) is 0 Å². The second-order valence-electron chi connectivity index (χ2n) is 9.05. The molecule has 2 aromatic rings. The van der Waals surface area contributed by atoms with E-state index in [4.69, 9.17) is 23.7 Å². The van der Waals surface area contributed by atoms with Crippen LogP contribution < -0.4 is 18.9 Å². The number of ether oxygens (including phenoxy) is 5. The van der Waals surface area contributed by atoms with Gasteiger partial charge in [0.15, 0.2) is 23.0 Å². The first kappa shape index (κ1) is 19.7. The van der Waals surface area contributed by atoms with Crippen molar-refractivity contribution in [1.82, 2.24) is 4.90 Å². The van der Waals surface area contributed by atoms with E-state index in [-0.39, 0.29) is 30.4 Å². The predicted octanol–water partition coefficient (Wildman–Crippen LogP) is 3.67. The van der Waals surface area contributed by atoms with Gasteiger partial charge in [-0.05, 0) is 55.8 Å². The van der Waals surface area contributed by atoms with Crippen molar-refractivity contribution in [3.8, 4) is 23.0 Å². The standard InChI is InChI=1S/C25H27NO6/c1-3-26-9-8-25-12-17(31-24(27)15-4-6-18-20(10-15)30-14-29-18)11-21(25)32-23-19(28-2)7-5-16(13-26)22(23)25/h4-7,10,17,21H,3,8-9,11-14H2,1-2H3. The van der Waals surface area contributed by atoms with Crippen LogP contribution in [0.1, 0.15) is 47.7 Å². The van der Waals surface area contributed by atoms with E-state index in [2.05, 4.69) is 17.9 Å². The maximum atomic E-state index is 12.9. The molecule has 3 atom stereocenters. The third-order valence-electron chi connectivity index (χ3n) is 7.47. The summed E-state index contributed by atoms with van der Waals surface area (Å²) in [5, 5.41) is 0. The zero-order valence-electron chi connectivity index (χ0n) is 18.4. The minimum absolute atomic E-state index is 0.0149. The summed E-state index contributed by atoms with van der Waals surface area (Å²) in [6, 6.07) is 9.36. The first-order valence-corrected chi connectivity index (χ1v) is 11.3. The SMILES string of the molecule is CCN1CCC23CC(OC(=O)c4ccc5c(c4)OCO5)CC2Oc2c(OC)ccc(c23)C1. The summed E-state index contributed by atoms with van der Waals surface area (Å²) >= 11 is 0. The van der Waals surface area contributed by atoms with Crippen LogP contribution in [0, 0.1) is 0 Å². The summed E-state index contributed by atoms with van der Waals surface area (Å²) in [6.07, 6.45) is 2.21. The van der Waals surface area contributed by atoms with Crippen molar-refractivity contribution in [2.24, 2.45) is 0 Å². The van der Waals surface area contributed by atoms with Gasteiger partial charge in [0.25, 0.3) is 0 Å². The van der Waals surface area contributed by atoms with Crippen LogP contribution in [0.4, 0.5) is 0 Å². The molecule has 0 saturated heterocycles. The Labute approximate surface area is 187 Å². The Kier molecular flexibility index (Phi) is 4.50. The fourth-order valence-corrected chi connectivity index (χ4v) is 5.88. The molecule has 1 saturated carbocycles. The molecular formula is C25H27NO6. The third kappa shape index (κ3) is 2.87. The number of carbonyl (C=O) groups excluding carboxylic acids is 1. The molecule has 0 amide bonds. The molecule has 3 aliphatic heterocycles. The molecule has 3 unspecified atom stereocenters. The quantitative estimate of drug-likeness (QED) is 0.676. The summed E-state index contributed by atoms with van der Waals surface area (Å²) < 4.78 is 28.9. The predicted molar refractivity (Wildman–Crippen MR) is 116 cm³/mol. The van der Waals surface area contributed by atoms with Gasteiger partial charge < -0.3 is 23.7 Å². The van der Waals surface area contributed by atoms with Crippen molar-refractivity contribution in [3.63, 3.8) is 0 Å². The van der Waals surface area contributed by atoms with Crippen molar-refractivity contribution < 1.29 is 28.5 Å². The highest BCUT2D eigenvalue weighted by Crippen LogP contribution is 2.59. The molecule has 6 rings (SSSR count). The van der Waals surface area contributed by atoms with Crippen LogP contribution in [0.3, 0.4) is 0 Å². The summed E-state index contributed by atoms with van der Waals surface area (Å²) in [6.45, 7) is 5.29. The lowest BCUT2D eigenvalue weighted by Gasteiger charge is -2.28. The van der Waals surface area contributed by atoms with Gasteiger partial charge in [-0.1, -0.05) is 13.0 Å². The minimum atomic E-state index is -0.334. The Morgan fingerprint density at radius 1 is 1.22 bits per heavy atom. The highest BCUT2D eigenvalue weighted by molar-refractivity contribution is 5.90. The topological polar surface area (TPSA) is 66.5 Å². The van der Waals surface area contributed by atoms with Gasteiger partial charge in [0.1, 0.15) is 12.2 Å². The van der Waals surface area contributed by atoms with Gasteiger partial charge in [0.2, 0.25) is 6.79 Å². The number of esters is 1. The molecule has 2 aromatic carbocycles. The number of fused-ring (bicyclic) bond motifs is 1. The Morgan fingerprint density at radius 3 is 2.94 bits per heavy atom. The van der Waals surface area contributed by atoms with E-state index in [1.54, 1.807) is 25.3 Å². The number of nitrogens with zero attached hydrogens (tertiary/aromatic N) is 1. The number of carbonyl (C=O) groups is 1. The summed E-state index contributed by atoms with van der Waals surface area (Å²) in [4.78, 5) is 15.4.